The molecule has 2 aliphatic rings. The first-order chi connectivity index (χ1) is 15.6. The maximum atomic E-state index is 12.7. The van der Waals surface area contributed by atoms with Crippen molar-refractivity contribution >= 4 is 33.4 Å². The number of carbonyl (C=O) groups is 2. The number of hydrogen-bond donors (Lipinski definition) is 1. The Morgan fingerprint density at radius 2 is 1.91 bits per heavy atom. The molecule has 172 valence electrons. The maximum absolute atomic E-state index is 12.7. The smallest absolute Gasteiger partial charge is 0.228 e. The van der Waals surface area contributed by atoms with E-state index in [-0.39, 0.29) is 17.7 Å². The molecule has 10 heteroatoms. The summed E-state index contributed by atoms with van der Waals surface area (Å²) in [4.78, 5) is 28.8. The van der Waals surface area contributed by atoms with Crippen molar-refractivity contribution in [2.24, 2.45) is 5.92 Å². The number of hydrogen-bond acceptors (Lipinski definition) is 8. The highest BCUT2D eigenvalue weighted by atomic mass is 32.1. The van der Waals surface area contributed by atoms with Crippen LogP contribution in [-0.2, 0) is 16.1 Å². The Hall–Kier alpha value is -2.88. The highest BCUT2D eigenvalue weighted by Gasteiger charge is 2.28. The molecule has 2 aromatic rings. The highest BCUT2D eigenvalue weighted by molar-refractivity contribution is 7.19. The molecule has 3 heterocycles. The van der Waals surface area contributed by atoms with Crippen molar-refractivity contribution in [1.82, 2.24) is 15.5 Å². The summed E-state index contributed by atoms with van der Waals surface area (Å²) in [5.74, 6) is 1.58. The van der Waals surface area contributed by atoms with Gasteiger partial charge in [-0.1, -0.05) is 11.3 Å². The summed E-state index contributed by atoms with van der Waals surface area (Å²) in [7, 11) is 3.23. The van der Waals surface area contributed by atoms with Crippen molar-refractivity contribution in [2.45, 2.75) is 38.6 Å². The second-order valence-electron chi connectivity index (χ2n) is 8.03. The zero-order valence-corrected chi connectivity index (χ0v) is 19.3. The molecule has 0 aliphatic carbocycles. The Balaban J connectivity index is 1.29. The average molecular weight is 460 g/mol. The minimum absolute atomic E-state index is 0.0427. The molecule has 1 aromatic heterocycles. The van der Waals surface area contributed by atoms with Crippen LogP contribution in [0.2, 0.25) is 0 Å². The third-order valence-corrected chi connectivity index (χ3v) is 7.04. The molecule has 2 aliphatic heterocycles. The second-order valence-corrected chi connectivity index (χ2v) is 8.96. The van der Waals surface area contributed by atoms with Gasteiger partial charge in [0.25, 0.3) is 0 Å². The summed E-state index contributed by atoms with van der Waals surface area (Å²) >= 11 is 1.46. The number of aromatic nitrogens is 2. The minimum atomic E-state index is -0.0427. The number of ether oxygens (including phenoxy) is 2. The van der Waals surface area contributed by atoms with Crippen LogP contribution in [0.25, 0.3) is 0 Å². The SMILES string of the molecule is COc1ccc(OC)c(CNC(=O)C2CCN(c3nnc(N4CCCCC4=O)s3)CC2)c1. The number of methoxy groups -OCH3 is 2. The lowest BCUT2D eigenvalue weighted by Gasteiger charge is -2.30. The van der Waals surface area contributed by atoms with Crippen LogP contribution in [0, 0.1) is 5.92 Å². The predicted octanol–water partition coefficient (Wildman–Crippen LogP) is 2.61. The molecule has 0 unspecified atom stereocenters. The van der Waals surface area contributed by atoms with Gasteiger partial charge < -0.3 is 19.7 Å². The fraction of sp³-hybridized carbons (Fsp3) is 0.545. The van der Waals surface area contributed by atoms with E-state index in [2.05, 4.69) is 20.4 Å². The standard InChI is InChI=1S/C22H29N5O4S/c1-30-17-6-7-18(31-2)16(13-17)14-23-20(29)15-8-11-26(12-9-15)21-24-25-22(32-21)27-10-4-3-5-19(27)28/h6-7,13,15H,3-5,8-12,14H2,1-2H3,(H,23,29). The number of anilines is 2. The molecule has 2 fully saturated rings. The zero-order valence-electron chi connectivity index (χ0n) is 18.5. The first kappa shape index (κ1) is 22.3. The van der Waals surface area contributed by atoms with Crippen molar-refractivity contribution in [1.29, 1.82) is 0 Å². The van der Waals surface area contributed by atoms with Crippen LogP contribution in [-0.4, -0.2) is 55.9 Å². The number of benzene rings is 1. The number of piperidine rings is 2. The fourth-order valence-corrected chi connectivity index (χ4v) is 5.07. The van der Waals surface area contributed by atoms with Crippen LogP contribution in [0.1, 0.15) is 37.7 Å². The van der Waals surface area contributed by atoms with Crippen molar-refractivity contribution in [2.75, 3.05) is 43.7 Å². The maximum Gasteiger partial charge on any atom is 0.228 e. The molecule has 9 nitrogen and oxygen atoms in total. The van der Waals surface area contributed by atoms with Crippen LogP contribution >= 0.6 is 11.3 Å². The number of rotatable bonds is 7. The molecule has 1 N–H and O–H groups in total. The molecular weight excluding hydrogens is 430 g/mol. The van der Waals surface area contributed by atoms with Gasteiger partial charge in [0.05, 0.1) is 14.2 Å². The Morgan fingerprint density at radius 3 is 2.62 bits per heavy atom. The van der Waals surface area contributed by atoms with Crippen molar-refractivity contribution in [3.05, 3.63) is 23.8 Å². The molecule has 0 saturated carbocycles. The van der Waals surface area contributed by atoms with Crippen LogP contribution in [0.4, 0.5) is 10.3 Å². The normalized spacial score (nSPS) is 17.4. The quantitative estimate of drug-likeness (QED) is 0.680. The van der Waals surface area contributed by atoms with Crippen LogP contribution < -0.4 is 24.6 Å². The van der Waals surface area contributed by atoms with E-state index in [1.807, 2.05) is 18.2 Å². The summed E-state index contributed by atoms with van der Waals surface area (Å²) in [6, 6.07) is 5.55. The molecule has 0 spiro atoms. The van der Waals surface area contributed by atoms with E-state index in [0.717, 1.165) is 61.0 Å². The van der Waals surface area contributed by atoms with Gasteiger partial charge >= 0.3 is 0 Å². The molecule has 0 radical (unpaired) electrons. The third-order valence-electron chi connectivity index (χ3n) is 6.03. The molecule has 1 aromatic carbocycles. The number of amides is 2. The Labute approximate surface area is 191 Å². The molecule has 2 amide bonds. The van der Waals surface area contributed by atoms with Gasteiger partial charge in [-0.25, -0.2) is 0 Å². The van der Waals surface area contributed by atoms with Gasteiger partial charge in [0, 0.05) is 44.1 Å². The lowest BCUT2D eigenvalue weighted by molar-refractivity contribution is -0.125. The zero-order chi connectivity index (χ0) is 22.5. The summed E-state index contributed by atoms with van der Waals surface area (Å²) in [6.45, 7) is 2.59. The lowest BCUT2D eigenvalue weighted by Crippen LogP contribution is -2.40. The molecule has 32 heavy (non-hydrogen) atoms. The number of nitrogens with zero attached hydrogens (tertiary/aromatic N) is 4. The third kappa shape index (κ3) is 4.95. The van der Waals surface area contributed by atoms with Gasteiger partial charge in [0.15, 0.2) is 0 Å². The molecular formula is C22H29N5O4S. The highest BCUT2D eigenvalue weighted by Crippen LogP contribution is 2.32. The average Bonchev–Trinajstić information content (AvgIpc) is 3.32. The Kier molecular flexibility index (Phi) is 7.09. The van der Waals surface area contributed by atoms with Crippen molar-refractivity contribution in [3.63, 3.8) is 0 Å². The van der Waals surface area contributed by atoms with Gasteiger partial charge in [0.1, 0.15) is 11.5 Å². The van der Waals surface area contributed by atoms with Crippen LogP contribution in [0.3, 0.4) is 0 Å². The fourth-order valence-electron chi connectivity index (χ4n) is 4.13. The minimum Gasteiger partial charge on any atom is -0.497 e. The van der Waals surface area contributed by atoms with Crippen LogP contribution in [0.5, 0.6) is 11.5 Å². The predicted molar refractivity (Wildman–Crippen MR) is 122 cm³/mol. The largest absolute Gasteiger partial charge is 0.497 e. The van der Waals surface area contributed by atoms with Crippen molar-refractivity contribution in [3.8, 4) is 11.5 Å². The van der Waals surface area contributed by atoms with Gasteiger partial charge in [-0.2, -0.15) is 0 Å². The first-order valence-electron chi connectivity index (χ1n) is 11.0. The van der Waals surface area contributed by atoms with E-state index in [1.165, 1.54) is 11.3 Å². The summed E-state index contributed by atoms with van der Waals surface area (Å²) in [5.41, 5.74) is 0.881. The molecule has 2 saturated heterocycles. The summed E-state index contributed by atoms with van der Waals surface area (Å²) < 4.78 is 10.7. The topological polar surface area (TPSA) is 96.9 Å². The van der Waals surface area contributed by atoms with E-state index in [0.29, 0.717) is 24.6 Å². The van der Waals surface area contributed by atoms with Crippen LogP contribution in [0.15, 0.2) is 18.2 Å². The van der Waals surface area contributed by atoms with E-state index in [9.17, 15) is 9.59 Å². The lowest BCUT2D eigenvalue weighted by atomic mass is 9.96. The van der Waals surface area contributed by atoms with Gasteiger partial charge in [-0.05, 0) is 43.9 Å². The monoisotopic (exact) mass is 459 g/mol. The molecule has 0 atom stereocenters. The molecule has 4 rings (SSSR count). The van der Waals surface area contributed by atoms with Gasteiger partial charge in [0.2, 0.25) is 22.1 Å². The van der Waals surface area contributed by atoms with E-state index in [1.54, 1.807) is 19.1 Å². The van der Waals surface area contributed by atoms with Gasteiger partial charge in [-0.15, -0.1) is 10.2 Å². The van der Waals surface area contributed by atoms with E-state index >= 15 is 0 Å². The summed E-state index contributed by atoms with van der Waals surface area (Å²) in [6.07, 6.45) is 4.03. The summed E-state index contributed by atoms with van der Waals surface area (Å²) in [5, 5.41) is 13.1. The molecule has 0 bridgehead atoms. The van der Waals surface area contributed by atoms with Crippen molar-refractivity contribution < 1.29 is 19.1 Å². The first-order valence-corrected chi connectivity index (χ1v) is 11.8. The number of nitrogens with one attached hydrogen (secondary N) is 1. The Morgan fingerprint density at radius 1 is 1.12 bits per heavy atom. The van der Waals surface area contributed by atoms with E-state index < -0.39 is 0 Å². The number of carbonyl (C=O) groups excluding carboxylic acids is 2. The van der Waals surface area contributed by atoms with Gasteiger partial charge in [-0.3, -0.25) is 14.5 Å². The second kappa shape index (κ2) is 10.2. The van der Waals surface area contributed by atoms with E-state index in [4.69, 9.17) is 9.47 Å². The Bertz CT molecular complexity index is 958.